The van der Waals surface area contributed by atoms with Crippen molar-refractivity contribution in [2.45, 2.75) is 58.9 Å². The lowest BCUT2D eigenvalue weighted by Crippen LogP contribution is -2.51. The largest absolute Gasteiger partial charge is 0.344 e. The van der Waals surface area contributed by atoms with Gasteiger partial charge >= 0.3 is 0 Å². The average Bonchev–Trinajstić information content (AvgIpc) is 2.49. The van der Waals surface area contributed by atoms with Gasteiger partial charge < -0.3 is 10.2 Å². The molecule has 4 heteroatoms. The number of amides is 2. The molecular formula is C15H26N2O2. The number of nitrogens with one attached hydrogen (secondary N) is 1. The number of carbonyl (C=O) groups is 2. The standard InChI is InChI=1S/C15H26N2O2/c1-4-11(2)13-14(19)17(9-6-12(18)16-13)10-15(3)7-5-8-15/h11,13H,4-10H2,1-3H3,(H,16,18). The molecule has 2 fully saturated rings. The molecule has 2 amide bonds. The van der Waals surface area contributed by atoms with Crippen LogP contribution in [0, 0.1) is 11.3 Å². The number of carbonyl (C=O) groups excluding carboxylic acids is 2. The van der Waals surface area contributed by atoms with Gasteiger partial charge in [0.15, 0.2) is 0 Å². The molecule has 1 N–H and O–H groups in total. The second kappa shape index (κ2) is 5.51. The van der Waals surface area contributed by atoms with Gasteiger partial charge in [-0.15, -0.1) is 0 Å². The van der Waals surface area contributed by atoms with Gasteiger partial charge in [-0.2, -0.15) is 0 Å². The van der Waals surface area contributed by atoms with Crippen LogP contribution in [-0.4, -0.2) is 35.8 Å². The minimum Gasteiger partial charge on any atom is -0.344 e. The average molecular weight is 266 g/mol. The van der Waals surface area contributed by atoms with Crippen molar-refractivity contribution >= 4 is 11.8 Å². The Morgan fingerprint density at radius 3 is 2.63 bits per heavy atom. The first-order chi connectivity index (χ1) is 8.95. The lowest BCUT2D eigenvalue weighted by atomic mass is 9.70. The van der Waals surface area contributed by atoms with E-state index in [1.165, 1.54) is 19.3 Å². The maximum Gasteiger partial charge on any atom is 0.245 e. The van der Waals surface area contributed by atoms with Gasteiger partial charge in [-0.05, 0) is 24.2 Å². The predicted octanol–water partition coefficient (Wildman–Crippen LogP) is 1.94. The summed E-state index contributed by atoms with van der Waals surface area (Å²) < 4.78 is 0. The Morgan fingerprint density at radius 2 is 2.11 bits per heavy atom. The molecule has 108 valence electrons. The van der Waals surface area contributed by atoms with E-state index in [1.807, 2.05) is 11.8 Å². The molecule has 1 aliphatic heterocycles. The van der Waals surface area contributed by atoms with E-state index in [0.717, 1.165) is 13.0 Å². The molecule has 1 saturated heterocycles. The van der Waals surface area contributed by atoms with Crippen LogP contribution in [0.5, 0.6) is 0 Å². The van der Waals surface area contributed by atoms with Gasteiger partial charge in [0, 0.05) is 19.5 Å². The molecule has 19 heavy (non-hydrogen) atoms. The third kappa shape index (κ3) is 3.10. The van der Waals surface area contributed by atoms with Crippen LogP contribution in [0.1, 0.15) is 52.9 Å². The van der Waals surface area contributed by atoms with Gasteiger partial charge in [-0.25, -0.2) is 0 Å². The molecule has 2 aliphatic rings. The van der Waals surface area contributed by atoms with E-state index in [1.54, 1.807) is 0 Å². The van der Waals surface area contributed by atoms with Crippen molar-refractivity contribution in [3.63, 3.8) is 0 Å². The lowest BCUT2D eigenvalue weighted by molar-refractivity contribution is -0.137. The Kier molecular flexibility index (Phi) is 4.16. The van der Waals surface area contributed by atoms with E-state index in [4.69, 9.17) is 0 Å². The zero-order chi connectivity index (χ0) is 14.0. The normalized spacial score (nSPS) is 28.4. The third-order valence-electron chi connectivity index (χ3n) is 4.85. The molecule has 4 nitrogen and oxygen atoms in total. The van der Waals surface area contributed by atoms with Crippen molar-refractivity contribution in [2.75, 3.05) is 13.1 Å². The van der Waals surface area contributed by atoms with Gasteiger partial charge in [0.2, 0.25) is 11.8 Å². The van der Waals surface area contributed by atoms with Crippen LogP contribution in [0.15, 0.2) is 0 Å². The summed E-state index contributed by atoms with van der Waals surface area (Å²) in [4.78, 5) is 26.3. The number of rotatable bonds is 4. The highest BCUT2D eigenvalue weighted by molar-refractivity contribution is 5.90. The zero-order valence-corrected chi connectivity index (χ0v) is 12.4. The Bertz CT molecular complexity index is 363. The van der Waals surface area contributed by atoms with Crippen LogP contribution in [0.2, 0.25) is 0 Å². The maximum absolute atomic E-state index is 12.6. The van der Waals surface area contributed by atoms with E-state index in [-0.39, 0.29) is 29.2 Å². The molecule has 1 aliphatic carbocycles. The van der Waals surface area contributed by atoms with Crippen molar-refractivity contribution in [3.05, 3.63) is 0 Å². The Hall–Kier alpha value is -1.06. The summed E-state index contributed by atoms with van der Waals surface area (Å²) in [7, 11) is 0. The van der Waals surface area contributed by atoms with Gasteiger partial charge in [0.25, 0.3) is 0 Å². The minimum atomic E-state index is -0.330. The number of hydrogen-bond acceptors (Lipinski definition) is 2. The van der Waals surface area contributed by atoms with E-state index >= 15 is 0 Å². The van der Waals surface area contributed by atoms with Crippen LogP contribution in [0.4, 0.5) is 0 Å². The minimum absolute atomic E-state index is 0.0138. The molecule has 0 radical (unpaired) electrons. The first kappa shape index (κ1) is 14.4. The van der Waals surface area contributed by atoms with E-state index < -0.39 is 0 Å². The highest BCUT2D eigenvalue weighted by Gasteiger charge is 2.39. The summed E-state index contributed by atoms with van der Waals surface area (Å²) in [6, 6.07) is -0.330. The smallest absolute Gasteiger partial charge is 0.245 e. The molecule has 0 bridgehead atoms. The first-order valence-corrected chi connectivity index (χ1v) is 7.53. The second-order valence-corrected chi connectivity index (χ2v) is 6.60. The molecule has 0 aromatic rings. The van der Waals surface area contributed by atoms with Crippen molar-refractivity contribution in [3.8, 4) is 0 Å². The van der Waals surface area contributed by atoms with Gasteiger partial charge in [-0.3, -0.25) is 9.59 Å². The second-order valence-electron chi connectivity index (χ2n) is 6.60. The Balaban J connectivity index is 2.09. The molecular weight excluding hydrogens is 240 g/mol. The zero-order valence-electron chi connectivity index (χ0n) is 12.4. The molecule has 0 aromatic heterocycles. The predicted molar refractivity (Wildman–Crippen MR) is 74.5 cm³/mol. The van der Waals surface area contributed by atoms with Crippen LogP contribution in [0.3, 0.4) is 0 Å². The quantitative estimate of drug-likeness (QED) is 0.845. The van der Waals surface area contributed by atoms with Crippen molar-refractivity contribution < 1.29 is 9.59 Å². The summed E-state index contributed by atoms with van der Waals surface area (Å²) in [5.74, 6) is 0.333. The van der Waals surface area contributed by atoms with E-state index in [2.05, 4.69) is 19.2 Å². The maximum atomic E-state index is 12.6. The molecule has 1 saturated carbocycles. The van der Waals surface area contributed by atoms with Crippen molar-refractivity contribution in [1.29, 1.82) is 0 Å². The lowest BCUT2D eigenvalue weighted by Gasteiger charge is -2.42. The summed E-state index contributed by atoms with van der Waals surface area (Å²) in [6.07, 6.45) is 5.01. The van der Waals surface area contributed by atoms with Gasteiger partial charge in [0.05, 0.1) is 0 Å². The summed E-state index contributed by atoms with van der Waals surface area (Å²) in [6.45, 7) is 7.74. The van der Waals surface area contributed by atoms with Gasteiger partial charge in [0.1, 0.15) is 6.04 Å². The van der Waals surface area contributed by atoms with Crippen LogP contribution in [0.25, 0.3) is 0 Å². The fraction of sp³-hybridized carbons (Fsp3) is 0.867. The monoisotopic (exact) mass is 266 g/mol. The molecule has 0 aromatic carbocycles. The fourth-order valence-corrected chi connectivity index (χ4v) is 3.03. The number of hydrogen-bond donors (Lipinski definition) is 1. The molecule has 2 atom stereocenters. The molecule has 0 spiro atoms. The first-order valence-electron chi connectivity index (χ1n) is 7.53. The Morgan fingerprint density at radius 1 is 1.42 bits per heavy atom. The molecule has 2 unspecified atom stereocenters. The highest BCUT2D eigenvalue weighted by atomic mass is 16.2. The topological polar surface area (TPSA) is 49.4 Å². The van der Waals surface area contributed by atoms with Crippen LogP contribution >= 0.6 is 0 Å². The summed E-state index contributed by atoms with van der Waals surface area (Å²) in [5.41, 5.74) is 0.281. The highest BCUT2D eigenvalue weighted by Crippen LogP contribution is 2.41. The SMILES string of the molecule is CCC(C)C1NC(=O)CCN(CC2(C)CCC2)C1=O. The summed E-state index contributed by atoms with van der Waals surface area (Å²) in [5, 5.41) is 2.90. The van der Waals surface area contributed by atoms with E-state index in [9.17, 15) is 9.59 Å². The van der Waals surface area contributed by atoms with Gasteiger partial charge in [-0.1, -0.05) is 33.6 Å². The van der Waals surface area contributed by atoms with Crippen molar-refractivity contribution in [2.24, 2.45) is 11.3 Å². The van der Waals surface area contributed by atoms with Crippen LogP contribution < -0.4 is 5.32 Å². The fourth-order valence-electron chi connectivity index (χ4n) is 3.03. The summed E-state index contributed by atoms with van der Waals surface area (Å²) >= 11 is 0. The molecule has 1 heterocycles. The van der Waals surface area contributed by atoms with Crippen molar-refractivity contribution in [1.82, 2.24) is 10.2 Å². The van der Waals surface area contributed by atoms with Crippen LogP contribution in [-0.2, 0) is 9.59 Å². The Labute approximate surface area is 115 Å². The number of nitrogens with zero attached hydrogens (tertiary/aromatic N) is 1. The molecule has 2 rings (SSSR count). The van der Waals surface area contributed by atoms with E-state index in [0.29, 0.717) is 13.0 Å². The third-order valence-corrected chi connectivity index (χ3v) is 4.85.